The smallest absolute Gasteiger partial charge is 0.106 e. The molecule has 0 radical (unpaired) electrons. The molecule has 1 aliphatic carbocycles. The van der Waals surface area contributed by atoms with Crippen LogP contribution in [0.25, 0.3) is 0 Å². The summed E-state index contributed by atoms with van der Waals surface area (Å²) < 4.78 is 0.906. The molecule has 0 spiro atoms. The van der Waals surface area contributed by atoms with Crippen LogP contribution >= 0.6 is 15.9 Å². The van der Waals surface area contributed by atoms with Crippen LogP contribution in [-0.2, 0) is 6.54 Å². The lowest BCUT2D eigenvalue weighted by Gasteiger charge is -2.21. The van der Waals surface area contributed by atoms with Gasteiger partial charge < -0.3 is 5.32 Å². The predicted molar refractivity (Wildman–Crippen MR) is 74.8 cm³/mol. The normalized spacial score (nSPS) is 17.2. The Kier molecular flexibility index (Phi) is 5.46. The maximum atomic E-state index is 4.22. The zero-order chi connectivity index (χ0) is 11.9. The van der Waals surface area contributed by atoms with E-state index >= 15 is 0 Å². The minimum Gasteiger partial charge on any atom is -0.313 e. The van der Waals surface area contributed by atoms with Crippen molar-refractivity contribution in [2.75, 3.05) is 6.54 Å². The molecule has 0 amide bonds. The predicted octanol–water partition coefficient (Wildman–Crippen LogP) is 3.90. The molecule has 0 unspecified atom stereocenters. The van der Waals surface area contributed by atoms with Gasteiger partial charge in [0.25, 0.3) is 0 Å². The number of nitrogens with one attached hydrogen (secondary N) is 1. The molecule has 1 aliphatic rings. The number of hydrogen-bond acceptors (Lipinski definition) is 2. The lowest BCUT2D eigenvalue weighted by molar-refractivity contribution is 0.334. The van der Waals surface area contributed by atoms with E-state index in [-0.39, 0.29) is 0 Å². The molecule has 17 heavy (non-hydrogen) atoms. The van der Waals surface area contributed by atoms with Crippen molar-refractivity contribution in [2.45, 2.75) is 45.1 Å². The Morgan fingerprint density at radius 2 is 2.06 bits per heavy atom. The molecular formula is C14H21BrN2. The van der Waals surface area contributed by atoms with Gasteiger partial charge in [-0.2, -0.15) is 0 Å². The molecule has 1 fully saturated rings. The zero-order valence-electron chi connectivity index (χ0n) is 10.3. The fourth-order valence-electron chi connectivity index (χ4n) is 2.53. The van der Waals surface area contributed by atoms with Gasteiger partial charge in [0.2, 0.25) is 0 Å². The molecule has 0 aromatic carbocycles. The molecule has 1 aromatic rings. The fraction of sp³-hybridized carbons (Fsp3) is 0.643. The quantitative estimate of drug-likeness (QED) is 0.658. The molecule has 0 bridgehead atoms. The highest BCUT2D eigenvalue weighted by Crippen LogP contribution is 2.25. The van der Waals surface area contributed by atoms with Crippen LogP contribution in [0.4, 0.5) is 0 Å². The van der Waals surface area contributed by atoms with E-state index < -0.39 is 0 Å². The third-order valence-corrected chi connectivity index (χ3v) is 4.04. The van der Waals surface area contributed by atoms with Crippen molar-refractivity contribution >= 4 is 15.9 Å². The largest absolute Gasteiger partial charge is 0.313 e. The molecule has 2 rings (SSSR count). The number of aromatic nitrogens is 1. The Bertz CT molecular complexity index is 317. The van der Waals surface area contributed by atoms with E-state index in [2.05, 4.69) is 32.3 Å². The summed E-state index contributed by atoms with van der Waals surface area (Å²) in [7, 11) is 0. The summed E-state index contributed by atoms with van der Waals surface area (Å²) in [5.41, 5.74) is 1.26. The molecule has 0 aliphatic heterocycles. The van der Waals surface area contributed by atoms with Crippen LogP contribution in [-0.4, -0.2) is 11.5 Å². The molecule has 3 heteroatoms. The van der Waals surface area contributed by atoms with E-state index in [4.69, 9.17) is 0 Å². The Morgan fingerprint density at radius 3 is 2.76 bits per heavy atom. The van der Waals surface area contributed by atoms with Crippen molar-refractivity contribution in [3.05, 3.63) is 28.5 Å². The van der Waals surface area contributed by atoms with Gasteiger partial charge in [0.1, 0.15) is 4.60 Å². The van der Waals surface area contributed by atoms with Gasteiger partial charge in [0.15, 0.2) is 0 Å². The van der Waals surface area contributed by atoms with Crippen molar-refractivity contribution in [3.63, 3.8) is 0 Å². The van der Waals surface area contributed by atoms with Gasteiger partial charge in [-0.25, -0.2) is 4.98 Å². The van der Waals surface area contributed by atoms with Gasteiger partial charge >= 0.3 is 0 Å². The fourth-order valence-corrected chi connectivity index (χ4v) is 2.76. The van der Waals surface area contributed by atoms with Gasteiger partial charge in [-0.05, 0) is 46.4 Å². The van der Waals surface area contributed by atoms with Gasteiger partial charge in [-0.3, -0.25) is 0 Å². The van der Waals surface area contributed by atoms with Crippen LogP contribution in [0.3, 0.4) is 0 Å². The summed E-state index contributed by atoms with van der Waals surface area (Å²) >= 11 is 3.35. The highest BCUT2D eigenvalue weighted by atomic mass is 79.9. The van der Waals surface area contributed by atoms with E-state index in [0.29, 0.717) is 0 Å². The first-order chi connectivity index (χ1) is 8.34. The van der Waals surface area contributed by atoms with Crippen molar-refractivity contribution < 1.29 is 0 Å². The molecule has 0 atom stereocenters. The Labute approximate surface area is 112 Å². The van der Waals surface area contributed by atoms with E-state index in [9.17, 15) is 0 Å². The van der Waals surface area contributed by atoms with E-state index in [0.717, 1.165) is 23.6 Å². The first-order valence-corrected chi connectivity index (χ1v) is 7.45. The summed E-state index contributed by atoms with van der Waals surface area (Å²) in [6.07, 6.45) is 10.5. The molecule has 1 heterocycles. The average Bonchev–Trinajstić information content (AvgIpc) is 2.38. The molecule has 1 N–H and O–H groups in total. The molecule has 1 aromatic heterocycles. The van der Waals surface area contributed by atoms with Gasteiger partial charge in [-0.15, -0.1) is 0 Å². The van der Waals surface area contributed by atoms with Crippen LogP contribution in [0.1, 0.15) is 44.1 Å². The number of nitrogens with zero attached hydrogens (tertiary/aromatic N) is 1. The van der Waals surface area contributed by atoms with Crippen LogP contribution in [0, 0.1) is 5.92 Å². The van der Waals surface area contributed by atoms with E-state index in [1.54, 1.807) is 0 Å². The highest BCUT2D eigenvalue weighted by molar-refractivity contribution is 9.10. The third kappa shape index (κ3) is 4.76. The second-order valence-corrected chi connectivity index (χ2v) is 5.77. The standard InChI is InChI=1S/C14H21BrN2/c15-14-7-6-13(11-17-14)10-16-9-8-12-4-2-1-3-5-12/h6-7,11-12,16H,1-5,8-10H2. The zero-order valence-corrected chi connectivity index (χ0v) is 11.9. The Hall–Kier alpha value is -0.410. The van der Waals surface area contributed by atoms with Crippen LogP contribution in [0.5, 0.6) is 0 Å². The highest BCUT2D eigenvalue weighted by Gasteiger charge is 2.12. The third-order valence-electron chi connectivity index (χ3n) is 3.57. The maximum absolute atomic E-state index is 4.22. The number of halogens is 1. The molecule has 0 saturated heterocycles. The van der Waals surface area contributed by atoms with Gasteiger partial charge in [0, 0.05) is 12.7 Å². The van der Waals surface area contributed by atoms with Crippen molar-refractivity contribution in [2.24, 2.45) is 5.92 Å². The molecule has 2 nitrogen and oxygen atoms in total. The minimum absolute atomic E-state index is 0.906. The van der Waals surface area contributed by atoms with Crippen molar-refractivity contribution in [3.8, 4) is 0 Å². The van der Waals surface area contributed by atoms with Gasteiger partial charge in [0.05, 0.1) is 0 Å². The van der Waals surface area contributed by atoms with Crippen LogP contribution < -0.4 is 5.32 Å². The number of hydrogen-bond donors (Lipinski definition) is 1. The van der Waals surface area contributed by atoms with E-state index in [1.165, 1.54) is 44.1 Å². The summed E-state index contributed by atoms with van der Waals surface area (Å²) in [4.78, 5) is 4.22. The first-order valence-electron chi connectivity index (χ1n) is 6.66. The van der Waals surface area contributed by atoms with Gasteiger partial charge in [-0.1, -0.05) is 38.2 Å². The molecule has 94 valence electrons. The lowest BCUT2D eigenvalue weighted by Crippen LogP contribution is -2.19. The van der Waals surface area contributed by atoms with Crippen LogP contribution in [0.2, 0.25) is 0 Å². The monoisotopic (exact) mass is 296 g/mol. The lowest BCUT2D eigenvalue weighted by atomic mass is 9.87. The SMILES string of the molecule is Brc1ccc(CNCCC2CCCCC2)cn1. The van der Waals surface area contributed by atoms with Crippen molar-refractivity contribution in [1.82, 2.24) is 10.3 Å². The topological polar surface area (TPSA) is 24.9 Å². The minimum atomic E-state index is 0.906. The summed E-state index contributed by atoms with van der Waals surface area (Å²) in [5.74, 6) is 0.972. The number of rotatable bonds is 5. The van der Waals surface area contributed by atoms with Crippen molar-refractivity contribution in [1.29, 1.82) is 0 Å². The Balaban J connectivity index is 1.60. The van der Waals surface area contributed by atoms with E-state index in [1.807, 2.05) is 12.3 Å². The average molecular weight is 297 g/mol. The second-order valence-electron chi connectivity index (χ2n) is 4.96. The first kappa shape index (κ1) is 13.0. The molecular weight excluding hydrogens is 276 g/mol. The summed E-state index contributed by atoms with van der Waals surface area (Å²) in [6, 6.07) is 4.11. The molecule has 1 saturated carbocycles. The van der Waals surface area contributed by atoms with Crippen LogP contribution in [0.15, 0.2) is 22.9 Å². The maximum Gasteiger partial charge on any atom is 0.106 e. The number of pyridine rings is 1. The Morgan fingerprint density at radius 1 is 1.24 bits per heavy atom. The summed E-state index contributed by atoms with van der Waals surface area (Å²) in [6.45, 7) is 2.08. The second kappa shape index (κ2) is 7.12. The summed E-state index contributed by atoms with van der Waals surface area (Å²) in [5, 5.41) is 3.51.